The summed E-state index contributed by atoms with van der Waals surface area (Å²) >= 11 is 0. The van der Waals surface area contributed by atoms with Crippen LogP contribution in [0, 0.1) is 5.41 Å². The van der Waals surface area contributed by atoms with Crippen molar-refractivity contribution in [2.75, 3.05) is 13.2 Å². The van der Waals surface area contributed by atoms with Crippen LogP contribution in [0.25, 0.3) is 0 Å². The molecule has 0 saturated carbocycles. The highest BCUT2D eigenvalue weighted by Crippen LogP contribution is 2.21. The second kappa shape index (κ2) is 6.23. The van der Waals surface area contributed by atoms with Crippen LogP contribution in [-0.2, 0) is 0 Å². The van der Waals surface area contributed by atoms with E-state index in [-0.39, 0.29) is 6.61 Å². The van der Waals surface area contributed by atoms with Crippen LogP contribution in [0.15, 0.2) is 12.2 Å². The lowest BCUT2D eigenvalue weighted by Gasteiger charge is -2.32. The van der Waals surface area contributed by atoms with Crippen molar-refractivity contribution in [2.45, 2.75) is 39.5 Å². The van der Waals surface area contributed by atoms with E-state index in [2.05, 4.69) is 11.9 Å². The Morgan fingerprint density at radius 3 is 2.33 bits per heavy atom. The molecule has 0 spiro atoms. The van der Waals surface area contributed by atoms with E-state index in [9.17, 15) is 10.2 Å². The Morgan fingerprint density at radius 2 is 1.93 bits per heavy atom. The average Bonchev–Trinajstić information content (AvgIpc) is 2.15. The Kier molecular flexibility index (Phi) is 6.05. The van der Waals surface area contributed by atoms with Gasteiger partial charge in [-0.2, -0.15) is 0 Å². The summed E-state index contributed by atoms with van der Waals surface area (Å²) in [6.07, 6.45) is -1.26. The van der Waals surface area contributed by atoms with Gasteiger partial charge in [0, 0.05) is 12.0 Å². The molecule has 0 amide bonds. The van der Waals surface area contributed by atoms with Gasteiger partial charge < -0.3 is 15.3 Å². The third-order valence-corrected chi connectivity index (χ3v) is 2.41. The Hall–Kier alpha value is -0.420. The Labute approximate surface area is 91.6 Å². The second-order valence-corrected chi connectivity index (χ2v) is 4.70. The molecule has 0 heterocycles. The maximum absolute atomic E-state index is 9.72. The van der Waals surface area contributed by atoms with E-state index in [0.717, 1.165) is 12.0 Å². The first-order valence-corrected chi connectivity index (χ1v) is 5.16. The van der Waals surface area contributed by atoms with Crippen LogP contribution in [0.5, 0.6) is 0 Å². The maximum atomic E-state index is 9.72. The van der Waals surface area contributed by atoms with Crippen LogP contribution in [-0.4, -0.2) is 40.8 Å². The molecule has 0 aromatic carbocycles. The van der Waals surface area contributed by atoms with Gasteiger partial charge in [-0.25, -0.2) is 0 Å². The summed E-state index contributed by atoms with van der Waals surface area (Å²) in [6.45, 7) is 9.43. The third kappa shape index (κ3) is 5.28. The van der Waals surface area contributed by atoms with Gasteiger partial charge in [-0.15, -0.1) is 6.58 Å². The van der Waals surface area contributed by atoms with Crippen molar-refractivity contribution < 1.29 is 15.3 Å². The van der Waals surface area contributed by atoms with Gasteiger partial charge in [-0.3, -0.25) is 5.32 Å². The number of rotatable bonds is 7. The monoisotopic (exact) mass is 217 g/mol. The first-order valence-electron chi connectivity index (χ1n) is 5.16. The van der Waals surface area contributed by atoms with Crippen molar-refractivity contribution in [1.82, 2.24) is 5.32 Å². The molecule has 4 heteroatoms. The van der Waals surface area contributed by atoms with E-state index >= 15 is 0 Å². The summed E-state index contributed by atoms with van der Waals surface area (Å²) in [5.74, 6) is 0. The first-order chi connectivity index (χ1) is 6.81. The Bertz CT molecular complexity index is 204. The topological polar surface area (TPSA) is 72.7 Å². The molecule has 0 bridgehead atoms. The molecule has 0 aliphatic rings. The van der Waals surface area contributed by atoms with Crippen molar-refractivity contribution in [3.63, 3.8) is 0 Å². The SMILES string of the molecule is C=C(C)CCNC(O)C(O)C(C)(C)CO. The molecule has 0 radical (unpaired) electrons. The van der Waals surface area contributed by atoms with E-state index in [4.69, 9.17) is 5.11 Å². The molecule has 0 aliphatic heterocycles. The molecule has 0 rings (SSSR count). The van der Waals surface area contributed by atoms with Crippen molar-refractivity contribution in [1.29, 1.82) is 0 Å². The molecule has 90 valence electrons. The minimum absolute atomic E-state index is 0.173. The molecule has 0 aromatic heterocycles. The van der Waals surface area contributed by atoms with Gasteiger partial charge >= 0.3 is 0 Å². The summed E-state index contributed by atoms with van der Waals surface area (Å²) in [5, 5.41) is 31.1. The zero-order chi connectivity index (χ0) is 12.1. The fourth-order valence-corrected chi connectivity index (χ4v) is 1.07. The molecule has 0 saturated heterocycles. The molecule has 0 aliphatic carbocycles. The number of hydrogen-bond acceptors (Lipinski definition) is 4. The van der Waals surface area contributed by atoms with Crippen LogP contribution in [0.2, 0.25) is 0 Å². The van der Waals surface area contributed by atoms with Crippen molar-refractivity contribution in [3.8, 4) is 0 Å². The maximum Gasteiger partial charge on any atom is 0.131 e. The van der Waals surface area contributed by atoms with Crippen molar-refractivity contribution in [2.24, 2.45) is 5.41 Å². The minimum atomic E-state index is -1.02. The van der Waals surface area contributed by atoms with E-state index < -0.39 is 17.7 Å². The molecular formula is C11H23NO3. The zero-order valence-electron chi connectivity index (χ0n) is 9.82. The van der Waals surface area contributed by atoms with Crippen LogP contribution < -0.4 is 5.32 Å². The van der Waals surface area contributed by atoms with Crippen LogP contribution in [0.3, 0.4) is 0 Å². The highest BCUT2D eigenvalue weighted by Gasteiger charge is 2.32. The fraction of sp³-hybridized carbons (Fsp3) is 0.818. The van der Waals surface area contributed by atoms with E-state index in [1.807, 2.05) is 6.92 Å². The van der Waals surface area contributed by atoms with Gasteiger partial charge in [-0.05, 0) is 13.3 Å². The van der Waals surface area contributed by atoms with E-state index in [0.29, 0.717) is 6.54 Å². The van der Waals surface area contributed by atoms with Gasteiger partial charge in [-0.1, -0.05) is 19.4 Å². The summed E-state index contributed by atoms with van der Waals surface area (Å²) in [4.78, 5) is 0. The number of aliphatic hydroxyl groups excluding tert-OH is 3. The molecular weight excluding hydrogens is 194 g/mol. The van der Waals surface area contributed by atoms with Gasteiger partial charge in [0.25, 0.3) is 0 Å². The van der Waals surface area contributed by atoms with Crippen molar-refractivity contribution >= 4 is 0 Å². The van der Waals surface area contributed by atoms with Crippen molar-refractivity contribution in [3.05, 3.63) is 12.2 Å². The Balaban J connectivity index is 3.99. The standard InChI is InChI=1S/C11H23NO3/c1-8(2)5-6-12-10(15)9(14)11(3,4)7-13/h9-10,12-15H,1,5-7H2,2-4H3. The predicted molar refractivity (Wildman–Crippen MR) is 60.3 cm³/mol. The van der Waals surface area contributed by atoms with Crippen LogP contribution >= 0.6 is 0 Å². The molecule has 4 nitrogen and oxygen atoms in total. The minimum Gasteiger partial charge on any atom is -0.396 e. The normalized spacial score (nSPS) is 16.1. The molecule has 2 unspecified atom stereocenters. The summed E-state index contributed by atoms with van der Waals surface area (Å²) in [7, 11) is 0. The van der Waals surface area contributed by atoms with Gasteiger partial charge in [0.2, 0.25) is 0 Å². The van der Waals surface area contributed by atoms with Crippen LogP contribution in [0.4, 0.5) is 0 Å². The summed E-state index contributed by atoms with van der Waals surface area (Å²) in [6, 6.07) is 0. The highest BCUT2D eigenvalue weighted by atomic mass is 16.3. The highest BCUT2D eigenvalue weighted by molar-refractivity contribution is 4.89. The van der Waals surface area contributed by atoms with Gasteiger partial charge in [0.05, 0.1) is 6.61 Å². The lowest BCUT2D eigenvalue weighted by Crippen LogP contribution is -2.49. The first kappa shape index (κ1) is 14.6. The predicted octanol–water partition coefficient (Wildman–Crippen LogP) is 0.240. The summed E-state index contributed by atoms with van der Waals surface area (Å²) in [5.41, 5.74) is 0.306. The molecule has 0 aromatic rings. The van der Waals surface area contributed by atoms with Gasteiger partial charge in [0.15, 0.2) is 0 Å². The smallest absolute Gasteiger partial charge is 0.131 e. The molecule has 0 fully saturated rings. The number of nitrogens with one attached hydrogen (secondary N) is 1. The molecule has 2 atom stereocenters. The quantitative estimate of drug-likeness (QED) is 0.364. The number of aliphatic hydroxyl groups is 3. The Morgan fingerprint density at radius 1 is 1.40 bits per heavy atom. The molecule has 4 N–H and O–H groups in total. The molecule has 15 heavy (non-hydrogen) atoms. The number of hydrogen-bond donors (Lipinski definition) is 4. The lowest BCUT2D eigenvalue weighted by molar-refractivity contribution is -0.0827. The van der Waals surface area contributed by atoms with E-state index in [1.54, 1.807) is 13.8 Å². The lowest BCUT2D eigenvalue weighted by atomic mass is 9.86. The largest absolute Gasteiger partial charge is 0.396 e. The zero-order valence-corrected chi connectivity index (χ0v) is 9.82. The van der Waals surface area contributed by atoms with Gasteiger partial charge in [0.1, 0.15) is 12.3 Å². The third-order valence-electron chi connectivity index (χ3n) is 2.41. The summed E-state index contributed by atoms with van der Waals surface area (Å²) < 4.78 is 0. The second-order valence-electron chi connectivity index (χ2n) is 4.70. The van der Waals surface area contributed by atoms with Crippen LogP contribution in [0.1, 0.15) is 27.2 Å². The fourth-order valence-electron chi connectivity index (χ4n) is 1.07. The average molecular weight is 217 g/mol. The van der Waals surface area contributed by atoms with E-state index in [1.165, 1.54) is 0 Å².